The topological polar surface area (TPSA) is 76.1 Å². The van der Waals surface area contributed by atoms with Gasteiger partial charge in [0.15, 0.2) is 11.6 Å². The maximum Gasteiger partial charge on any atom is 0.307 e. The number of nitrogens with zero attached hydrogens (tertiary/aromatic N) is 1. The highest BCUT2D eigenvalue weighted by molar-refractivity contribution is 5.97. The normalized spacial score (nSPS) is 14.6. The molecule has 0 saturated carbocycles. The lowest BCUT2D eigenvalue weighted by atomic mass is 9.80. The summed E-state index contributed by atoms with van der Waals surface area (Å²) in [6, 6.07) is 7.11. The molecule has 5 rings (SSSR count). The lowest BCUT2D eigenvalue weighted by molar-refractivity contribution is -0.136. The molecule has 1 amide bonds. The number of hydrogen-bond donors (Lipinski definition) is 1. The van der Waals surface area contributed by atoms with Crippen molar-refractivity contribution in [2.75, 3.05) is 26.8 Å². The molecule has 0 aliphatic carbocycles. The molecule has 2 aliphatic rings. The quantitative estimate of drug-likeness (QED) is 0.430. The fourth-order valence-corrected chi connectivity index (χ4v) is 6.50. The van der Waals surface area contributed by atoms with Gasteiger partial charge in [-0.2, -0.15) is 0 Å². The van der Waals surface area contributed by atoms with Crippen LogP contribution in [0, 0.1) is 33.5 Å². The van der Waals surface area contributed by atoms with Gasteiger partial charge in [0.1, 0.15) is 5.75 Å². The molecule has 1 N–H and O–H groups in total. The van der Waals surface area contributed by atoms with Crippen molar-refractivity contribution in [1.82, 2.24) is 4.90 Å². The maximum absolute atomic E-state index is 15.3. The van der Waals surface area contributed by atoms with E-state index in [0.717, 1.165) is 62.9 Å². The number of carbonyl (C=O) groups excluding carboxylic acids is 1. The van der Waals surface area contributed by atoms with Crippen LogP contribution in [0.5, 0.6) is 11.5 Å². The molecule has 2 heterocycles. The van der Waals surface area contributed by atoms with Crippen molar-refractivity contribution in [3.05, 3.63) is 80.2 Å². The smallest absolute Gasteiger partial charge is 0.307 e. The van der Waals surface area contributed by atoms with E-state index < -0.39 is 11.8 Å². The van der Waals surface area contributed by atoms with Crippen LogP contribution in [0.2, 0.25) is 0 Å². The molecule has 0 unspecified atom stereocenters. The summed E-state index contributed by atoms with van der Waals surface area (Å²) in [6.45, 7) is 9.42. The zero-order chi connectivity index (χ0) is 28.7. The molecule has 0 fully saturated rings. The minimum atomic E-state index is -0.930. The van der Waals surface area contributed by atoms with Crippen LogP contribution in [0.1, 0.15) is 61.3 Å². The highest BCUT2D eigenvalue weighted by atomic mass is 19.1. The minimum absolute atomic E-state index is 0.0813. The number of benzene rings is 3. The molecule has 0 radical (unpaired) electrons. The molecule has 2 aliphatic heterocycles. The van der Waals surface area contributed by atoms with Crippen LogP contribution in [0.15, 0.2) is 24.3 Å². The van der Waals surface area contributed by atoms with E-state index in [-0.39, 0.29) is 12.3 Å². The molecule has 0 atom stereocenters. The molecule has 6 nitrogen and oxygen atoms in total. The monoisotopic (exact) mass is 545 g/mol. The molecule has 0 spiro atoms. The van der Waals surface area contributed by atoms with E-state index in [9.17, 15) is 14.7 Å². The van der Waals surface area contributed by atoms with E-state index in [1.807, 2.05) is 50.8 Å². The predicted molar refractivity (Wildman–Crippen MR) is 152 cm³/mol. The lowest BCUT2D eigenvalue weighted by Gasteiger charge is -2.26. The Kier molecular flexibility index (Phi) is 7.58. The molecule has 0 saturated heterocycles. The molecular weight excluding hydrogens is 509 g/mol. The first-order chi connectivity index (χ1) is 19.1. The first kappa shape index (κ1) is 27.7. The summed E-state index contributed by atoms with van der Waals surface area (Å²) in [5.41, 5.74) is 9.61. The fraction of sp³-hybridized carbons (Fsp3) is 0.394. The Morgan fingerprint density at radius 3 is 2.35 bits per heavy atom. The van der Waals surface area contributed by atoms with E-state index in [0.29, 0.717) is 55.2 Å². The van der Waals surface area contributed by atoms with Crippen molar-refractivity contribution >= 4 is 11.9 Å². The van der Waals surface area contributed by atoms with Gasteiger partial charge in [0.25, 0.3) is 5.91 Å². The minimum Gasteiger partial charge on any atom is -0.496 e. The number of carboxylic acids is 1. The fourth-order valence-electron chi connectivity index (χ4n) is 6.50. The second-order valence-corrected chi connectivity index (χ2v) is 10.9. The number of rotatable bonds is 5. The Hall–Kier alpha value is -3.87. The summed E-state index contributed by atoms with van der Waals surface area (Å²) in [5, 5.41) is 9.88. The highest BCUT2D eigenvalue weighted by Gasteiger charge is 2.29. The largest absolute Gasteiger partial charge is 0.496 e. The number of aryl methyl sites for hydroxylation is 1. The zero-order valence-corrected chi connectivity index (χ0v) is 23.9. The van der Waals surface area contributed by atoms with Gasteiger partial charge in [-0.15, -0.1) is 0 Å². The van der Waals surface area contributed by atoms with Crippen LogP contribution in [0.4, 0.5) is 4.39 Å². The number of carboxylic acid groups (broad SMARTS) is 1. The molecule has 7 heteroatoms. The number of amides is 1. The van der Waals surface area contributed by atoms with E-state index in [4.69, 9.17) is 9.47 Å². The molecule has 0 aromatic heterocycles. The molecule has 210 valence electrons. The number of hydrogen-bond acceptors (Lipinski definition) is 4. The Morgan fingerprint density at radius 2 is 1.68 bits per heavy atom. The van der Waals surface area contributed by atoms with Crippen molar-refractivity contribution in [2.24, 2.45) is 0 Å². The van der Waals surface area contributed by atoms with Crippen LogP contribution in [0.3, 0.4) is 0 Å². The van der Waals surface area contributed by atoms with Gasteiger partial charge in [0.05, 0.1) is 25.7 Å². The Balaban J connectivity index is 1.61. The van der Waals surface area contributed by atoms with Gasteiger partial charge in [-0.1, -0.05) is 11.6 Å². The highest BCUT2D eigenvalue weighted by Crippen LogP contribution is 2.43. The number of halogens is 1. The second kappa shape index (κ2) is 11.0. The second-order valence-electron chi connectivity index (χ2n) is 10.9. The van der Waals surface area contributed by atoms with Gasteiger partial charge in [-0.25, -0.2) is 4.39 Å². The van der Waals surface area contributed by atoms with Crippen molar-refractivity contribution in [1.29, 1.82) is 0 Å². The first-order valence-electron chi connectivity index (χ1n) is 13.9. The number of aliphatic carboxylic acids is 1. The van der Waals surface area contributed by atoms with Crippen molar-refractivity contribution in [2.45, 2.75) is 59.8 Å². The van der Waals surface area contributed by atoms with Gasteiger partial charge in [-0.05, 0) is 116 Å². The Labute approximate surface area is 234 Å². The predicted octanol–water partition coefficient (Wildman–Crippen LogP) is 5.93. The number of fused-ring (bicyclic) bond motifs is 2. The molecule has 3 aromatic rings. The lowest BCUT2D eigenvalue weighted by Crippen LogP contribution is -2.33. The number of methoxy groups -OCH3 is 1. The summed E-state index contributed by atoms with van der Waals surface area (Å²) in [4.78, 5) is 27.6. The van der Waals surface area contributed by atoms with Gasteiger partial charge < -0.3 is 19.5 Å². The van der Waals surface area contributed by atoms with Gasteiger partial charge in [0.2, 0.25) is 0 Å². The van der Waals surface area contributed by atoms with Gasteiger partial charge >= 0.3 is 5.97 Å². The molecular formula is C33H36FNO5. The van der Waals surface area contributed by atoms with Crippen molar-refractivity contribution in [3.8, 4) is 22.6 Å². The van der Waals surface area contributed by atoms with Crippen LogP contribution in [-0.4, -0.2) is 48.7 Å². The van der Waals surface area contributed by atoms with Gasteiger partial charge in [0, 0.05) is 18.7 Å². The summed E-state index contributed by atoms with van der Waals surface area (Å²) in [5.74, 6) is -0.559. The third-order valence-electron chi connectivity index (χ3n) is 8.57. The van der Waals surface area contributed by atoms with Crippen LogP contribution < -0.4 is 9.47 Å². The van der Waals surface area contributed by atoms with Crippen LogP contribution in [-0.2, 0) is 30.5 Å². The van der Waals surface area contributed by atoms with E-state index >= 15 is 4.39 Å². The third-order valence-corrected chi connectivity index (χ3v) is 8.57. The molecule has 40 heavy (non-hydrogen) atoms. The van der Waals surface area contributed by atoms with E-state index in [1.165, 1.54) is 6.07 Å². The average Bonchev–Trinajstić information content (AvgIpc) is 3.17. The molecule has 0 bridgehead atoms. The standard InChI is InChI=1S/C33H36FNO5/c1-18-8-9-29(39-5)27(15-18)33(38)35-12-10-22-19(2)26(17-30(36)37)31(21(4)23(22)11-13-35)25-16-28(34)32-24(20(25)3)7-6-14-40-32/h8-9,15-16H,6-7,10-14,17H2,1-5H3,(H,36,37). The number of ether oxygens (including phenoxy) is 2. The Morgan fingerprint density at radius 1 is 0.975 bits per heavy atom. The SMILES string of the molecule is COc1ccc(C)cc1C(=O)N1CCc2c(C)c(CC(=O)O)c(-c3cc(F)c4c(c3C)CCCO4)c(C)c2CC1. The Bertz CT molecular complexity index is 1530. The van der Waals surface area contributed by atoms with E-state index in [1.54, 1.807) is 7.11 Å². The average molecular weight is 546 g/mol. The van der Waals surface area contributed by atoms with Crippen molar-refractivity contribution in [3.63, 3.8) is 0 Å². The summed E-state index contributed by atoms with van der Waals surface area (Å²) in [7, 11) is 1.57. The summed E-state index contributed by atoms with van der Waals surface area (Å²) >= 11 is 0. The number of carbonyl (C=O) groups is 2. The van der Waals surface area contributed by atoms with Gasteiger partial charge in [-0.3, -0.25) is 9.59 Å². The molecule has 3 aromatic carbocycles. The first-order valence-corrected chi connectivity index (χ1v) is 13.9. The third kappa shape index (κ3) is 4.82. The van der Waals surface area contributed by atoms with Crippen LogP contribution >= 0.6 is 0 Å². The zero-order valence-electron chi connectivity index (χ0n) is 23.9. The van der Waals surface area contributed by atoms with E-state index in [2.05, 4.69) is 0 Å². The van der Waals surface area contributed by atoms with Crippen molar-refractivity contribution < 1.29 is 28.6 Å². The summed E-state index contributed by atoms with van der Waals surface area (Å²) < 4.78 is 26.5. The summed E-state index contributed by atoms with van der Waals surface area (Å²) in [6.07, 6.45) is 2.62. The maximum atomic E-state index is 15.3. The van der Waals surface area contributed by atoms with Crippen LogP contribution in [0.25, 0.3) is 11.1 Å².